The van der Waals surface area contributed by atoms with Crippen molar-refractivity contribution in [3.63, 3.8) is 0 Å². The van der Waals surface area contributed by atoms with E-state index < -0.39 is 0 Å². The van der Waals surface area contributed by atoms with Gasteiger partial charge in [0.2, 0.25) is 5.91 Å². The number of nitrogens with zero attached hydrogens (tertiary/aromatic N) is 1. The molecule has 0 aliphatic rings. The number of primary amides is 1. The quantitative estimate of drug-likeness (QED) is 0.589. The van der Waals surface area contributed by atoms with Crippen molar-refractivity contribution in [2.24, 2.45) is 5.73 Å². The number of hydrogen-bond acceptors (Lipinski definition) is 3. The van der Waals surface area contributed by atoms with Gasteiger partial charge in [-0.2, -0.15) is 0 Å². The Kier molecular flexibility index (Phi) is 7.42. The van der Waals surface area contributed by atoms with E-state index >= 15 is 0 Å². The van der Waals surface area contributed by atoms with Crippen LogP contribution in [0.2, 0.25) is 0 Å². The van der Waals surface area contributed by atoms with E-state index in [9.17, 15) is 4.79 Å². The molecule has 0 aromatic heterocycles. The van der Waals surface area contributed by atoms with Crippen LogP contribution in [-0.2, 0) is 4.79 Å². The van der Waals surface area contributed by atoms with Crippen molar-refractivity contribution < 1.29 is 4.79 Å². The average molecular weight is 201 g/mol. The van der Waals surface area contributed by atoms with Gasteiger partial charge >= 0.3 is 0 Å². The number of rotatable bonds is 8. The zero-order chi connectivity index (χ0) is 11.0. The third kappa shape index (κ3) is 5.19. The van der Waals surface area contributed by atoms with Crippen molar-refractivity contribution in [1.82, 2.24) is 10.2 Å². The minimum atomic E-state index is -0.259. The maximum Gasteiger partial charge on any atom is 0.235 e. The van der Waals surface area contributed by atoms with Crippen molar-refractivity contribution in [2.45, 2.75) is 33.2 Å². The molecule has 1 unspecified atom stereocenters. The zero-order valence-electron chi connectivity index (χ0n) is 9.55. The Morgan fingerprint density at radius 2 is 1.93 bits per heavy atom. The number of likely N-dealkylation sites (N-methyl/N-ethyl adjacent to an activating group) is 1. The Labute approximate surface area is 86.8 Å². The van der Waals surface area contributed by atoms with Crippen molar-refractivity contribution in [3.05, 3.63) is 0 Å². The first-order valence-electron chi connectivity index (χ1n) is 5.40. The Morgan fingerprint density at radius 3 is 2.29 bits per heavy atom. The van der Waals surface area contributed by atoms with E-state index in [4.69, 9.17) is 5.73 Å². The topological polar surface area (TPSA) is 58.4 Å². The second-order valence-electron chi connectivity index (χ2n) is 3.39. The number of hydrogen-bond donors (Lipinski definition) is 2. The zero-order valence-corrected chi connectivity index (χ0v) is 9.55. The molecule has 0 bridgehead atoms. The summed E-state index contributed by atoms with van der Waals surface area (Å²) >= 11 is 0. The molecule has 1 amide bonds. The van der Waals surface area contributed by atoms with Crippen molar-refractivity contribution in [2.75, 3.05) is 26.2 Å². The summed E-state index contributed by atoms with van der Waals surface area (Å²) in [4.78, 5) is 13.3. The second kappa shape index (κ2) is 7.76. The third-order valence-corrected chi connectivity index (χ3v) is 2.32. The molecule has 84 valence electrons. The number of carbonyl (C=O) groups is 1. The van der Waals surface area contributed by atoms with Gasteiger partial charge < -0.3 is 16.0 Å². The average Bonchev–Trinajstić information content (AvgIpc) is 2.18. The molecular formula is C10H23N3O. The molecule has 3 N–H and O–H groups in total. The van der Waals surface area contributed by atoms with Crippen molar-refractivity contribution >= 4 is 5.91 Å². The van der Waals surface area contributed by atoms with Crippen LogP contribution in [0.4, 0.5) is 0 Å². The molecule has 0 saturated heterocycles. The molecule has 4 nitrogen and oxygen atoms in total. The summed E-state index contributed by atoms with van der Waals surface area (Å²) < 4.78 is 0. The molecular weight excluding hydrogens is 178 g/mol. The monoisotopic (exact) mass is 201 g/mol. The van der Waals surface area contributed by atoms with Gasteiger partial charge in [-0.15, -0.1) is 0 Å². The van der Waals surface area contributed by atoms with Gasteiger partial charge in [0.1, 0.15) is 0 Å². The number of nitrogens with two attached hydrogens (primary N) is 1. The van der Waals surface area contributed by atoms with Crippen LogP contribution in [0.5, 0.6) is 0 Å². The molecule has 0 aliphatic heterocycles. The summed E-state index contributed by atoms with van der Waals surface area (Å²) in [6, 6.07) is -0.213. The maximum atomic E-state index is 11.1. The van der Waals surface area contributed by atoms with E-state index in [1.165, 1.54) is 0 Å². The highest BCUT2D eigenvalue weighted by Gasteiger charge is 2.16. The minimum Gasteiger partial charge on any atom is -0.368 e. The predicted molar refractivity (Wildman–Crippen MR) is 59.1 cm³/mol. The molecule has 0 radical (unpaired) electrons. The maximum absolute atomic E-state index is 11.1. The van der Waals surface area contributed by atoms with Crippen LogP contribution in [0.15, 0.2) is 0 Å². The highest BCUT2D eigenvalue weighted by Crippen LogP contribution is 1.92. The lowest BCUT2D eigenvalue weighted by molar-refractivity contribution is -0.120. The molecule has 0 spiro atoms. The first-order chi connectivity index (χ1) is 6.65. The molecule has 0 saturated carbocycles. The fraction of sp³-hybridized carbons (Fsp3) is 0.900. The van der Waals surface area contributed by atoms with Gasteiger partial charge in [0.25, 0.3) is 0 Å². The lowest BCUT2D eigenvalue weighted by Crippen LogP contribution is -2.49. The van der Waals surface area contributed by atoms with E-state index in [1.54, 1.807) is 0 Å². The van der Waals surface area contributed by atoms with Crippen LogP contribution in [0, 0.1) is 0 Å². The normalized spacial score (nSPS) is 13.1. The third-order valence-electron chi connectivity index (χ3n) is 2.32. The standard InChI is InChI=1S/C10H23N3O/c1-4-7-12-9(10(11)14)8-13(5-2)6-3/h9,12H,4-8H2,1-3H3,(H2,11,14). The lowest BCUT2D eigenvalue weighted by Gasteiger charge is -2.23. The predicted octanol–water partition coefficient (Wildman–Crippen LogP) is 0.182. The summed E-state index contributed by atoms with van der Waals surface area (Å²) in [5, 5.41) is 3.15. The highest BCUT2D eigenvalue weighted by molar-refractivity contribution is 5.80. The highest BCUT2D eigenvalue weighted by atomic mass is 16.1. The van der Waals surface area contributed by atoms with Crippen LogP contribution in [0.25, 0.3) is 0 Å². The van der Waals surface area contributed by atoms with Crippen LogP contribution in [-0.4, -0.2) is 43.0 Å². The molecule has 0 aromatic carbocycles. The molecule has 0 aliphatic carbocycles. The van der Waals surface area contributed by atoms with Gasteiger partial charge in [-0.3, -0.25) is 4.79 Å². The number of amides is 1. The van der Waals surface area contributed by atoms with Crippen LogP contribution < -0.4 is 11.1 Å². The van der Waals surface area contributed by atoms with Crippen molar-refractivity contribution in [3.8, 4) is 0 Å². The van der Waals surface area contributed by atoms with E-state index in [1.807, 2.05) is 0 Å². The van der Waals surface area contributed by atoms with Gasteiger partial charge in [0, 0.05) is 6.54 Å². The van der Waals surface area contributed by atoms with Gasteiger partial charge in [-0.05, 0) is 26.1 Å². The molecule has 0 heterocycles. The molecule has 0 aromatic rings. The Balaban J connectivity index is 4.00. The van der Waals surface area contributed by atoms with Crippen molar-refractivity contribution in [1.29, 1.82) is 0 Å². The summed E-state index contributed by atoms with van der Waals surface area (Å²) in [7, 11) is 0. The summed E-state index contributed by atoms with van der Waals surface area (Å²) in [6.45, 7) is 9.70. The fourth-order valence-corrected chi connectivity index (χ4v) is 1.31. The smallest absolute Gasteiger partial charge is 0.235 e. The fourth-order valence-electron chi connectivity index (χ4n) is 1.31. The first kappa shape index (κ1) is 13.4. The lowest BCUT2D eigenvalue weighted by atomic mass is 10.2. The van der Waals surface area contributed by atoms with Gasteiger partial charge in [0.05, 0.1) is 6.04 Å². The Morgan fingerprint density at radius 1 is 1.36 bits per heavy atom. The molecule has 0 rings (SSSR count). The van der Waals surface area contributed by atoms with Gasteiger partial charge in [-0.1, -0.05) is 20.8 Å². The molecule has 1 atom stereocenters. The van der Waals surface area contributed by atoms with E-state index in [-0.39, 0.29) is 11.9 Å². The SMILES string of the molecule is CCCNC(CN(CC)CC)C(N)=O. The van der Waals surface area contributed by atoms with Crippen LogP contribution >= 0.6 is 0 Å². The van der Waals surface area contributed by atoms with Crippen LogP contribution in [0.1, 0.15) is 27.2 Å². The molecule has 14 heavy (non-hydrogen) atoms. The summed E-state index contributed by atoms with van der Waals surface area (Å²) in [6.07, 6.45) is 1.02. The summed E-state index contributed by atoms with van der Waals surface area (Å²) in [5.41, 5.74) is 5.31. The van der Waals surface area contributed by atoms with Gasteiger partial charge in [0.15, 0.2) is 0 Å². The number of carbonyl (C=O) groups excluding carboxylic acids is 1. The van der Waals surface area contributed by atoms with E-state index in [0.29, 0.717) is 6.54 Å². The Hall–Kier alpha value is -0.610. The largest absolute Gasteiger partial charge is 0.368 e. The van der Waals surface area contributed by atoms with E-state index in [2.05, 4.69) is 31.0 Å². The molecule has 0 fully saturated rings. The molecule has 4 heteroatoms. The number of nitrogens with one attached hydrogen (secondary N) is 1. The summed E-state index contributed by atoms with van der Waals surface area (Å²) in [5.74, 6) is -0.259. The Bertz CT molecular complexity index is 157. The minimum absolute atomic E-state index is 0.213. The van der Waals surface area contributed by atoms with Gasteiger partial charge in [-0.25, -0.2) is 0 Å². The second-order valence-corrected chi connectivity index (χ2v) is 3.39. The van der Waals surface area contributed by atoms with E-state index in [0.717, 1.165) is 26.1 Å². The first-order valence-corrected chi connectivity index (χ1v) is 5.40. The van der Waals surface area contributed by atoms with Crippen LogP contribution in [0.3, 0.4) is 0 Å².